The van der Waals surface area contributed by atoms with E-state index in [0.717, 1.165) is 11.3 Å². The molecule has 0 saturated heterocycles. The number of carbonyl (C=O) groups is 2. The lowest BCUT2D eigenvalue weighted by atomic mass is 10.2. The van der Waals surface area contributed by atoms with Crippen LogP contribution in [0.25, 0.3) is 0 Å². The molecule has 2 aromatic rings. The van der Waals surface area contributed by atoms with Crippen LogP contribution in [0.3, 0.4) is 0 Å². The molecule has 0 radical (unpaired) electrons. The number of anilines is 1. The molecule has 0 heterocycles. The fourth-order valence-corrected chi connectivity index (χ4v) is 3.26. The fourth-order valence-electron chi connectivity index (χ4n) is 3.26. The lowest BCUT2D eigenvalue weighted by Gasteiger charge is -2.09. The average molecular weight is 593 g/mol. The Kier molecular flexibility index (Phi) is 20.3. The molecule has 0 aliphatic carbocycles. The summed E-state index contributed by atoms with van der Waals surface area (Å²) in [5.74, 6) is 0.602. The minimum atomic E-state index is -0.471. The molecule has 0 spiro atoms. The van der Waals surface area contributed by atoms with E-state index in [1.165, 1.54) is 6.92 Å². The molecule has 234 valence electrons. The number of hydrogen-bond acceptors (Lipinski definition) is 10. The lowest BCUT2D eigenvalue weighted by molar-refractivity contribution is -0.114. The van der Waals surface area contributed by atoms with Crippen LogP contribution in [0.15, 0.2) is 54.6 Å². The molecular formula is C30H44N2O10. The van der Waals surface area contributed by atoms with E-state index in [1.54, 1.807) is 24.3 Å². The maximum absolute atomic E-state index is 11.6. The van der Waals surface area contributed by atoms with Crippen molar-refractivity contribution in [3.05, 3.63) is 60.2 Å². The van der Waals surface area contributed by atoms with E-state index in [2.05, 4.69) is 10.6 Å². The standard InChI is InChI=1S/C30H44N2O10/c1-26(33)32-28-7-9-29(10-8-28)41-24-23-40-22-21-39-20-19-38-18-17-37-16-15-36-14-13-35-12-11-31-30(34)42-25-27-5-3-2-4-6-27/h2-10H,11-25H2,1H3,(H,31,34)(H,32,33). The summed E-state index contributed by atoms with van der Waals surface area (Å²) in [5, 5.41) is 5.34. The largest absolute Gasteiger partial charge is 0.491 e. The molecule has 0 aliphatic rings. The van der Waals surface area contributed by atoms with E-state index in [1.807, 2.05) is 30.3 Å². The molecule has 2 amide bonds. The fraction of sp³-hybridized carbons (Fsp3) is 0.533. The zero-order valence-corrected chi connectivity index (χ0v) is 24.4. The van der Waals surface area contributed by atoms with E-state index in [-0.39, 0.29) is 12.5 Å². The summed E-state index contributed by atoms with van der Waals surface area (Å²) in [5.41, 5.74) is 1.66. The second-order valence-electron chi connectivity index (χ2n) is 8.72. The van der Waals surface area contributed by atoms with Gasteiger partial charge in [0.15, 0.2) is 0 Å². The van der Waals surface area contributed by atoms with E-state index < -0.39 is 6.09 Å². The molecule has 0 atom stereocenters. The summed E-state index contributed by atoms with van der Waals surface area (Å²) in [6.07, 6.45) is -0.471. The van der Waals surface area contributed by atoms with Crippen molar-refractivity contribution in [2.75, 3.05) is 97.8 Å². The number of rotatable bonds is 25. The molecule has 2 rings (SSSR count). The van der Waals surface area contributed by atoms with Gasteiger partial charge in [0, 0.05) is 19.2 Å². The van der Waals surface area contributed by atoms with Crippen molar-refractivity contribution in [3.63, 3.8) is 0 Å². The first kappa shape index (κ1) is 34.9. The third kappa shape index (κ3) is 19.8. The van der Waals surface area contributed by atoms with Crippen molar-refractivity contribution in [1.29, 1.82) is 0 Å². The Labute approximate surface area is 247 Å². The van der Waals surface area contributed by atoms with Crippen LogP contribution in [0.5, 0.6) is 5.75 Å². The molecule has 12 heteroatoms. The zero-order chi connectivity index (χ0) is 29.9. The molecule has 0 bridgehead atoms. The normalized spacial score (nSPS) is 10.8. The molecule has 2 aromatic carbocycles. The van der Waals surface area contributed by atoms with E-state index in [9.17, 15) is 9.59 Å². The van der Waals surface area contributed by atoms with Crippen LogP contribution >= 0.6 is 0 Å². The molecule has 42 heavy (non-hydrogen) atoms. The maximum atomic E-state index is 11.6. The Morgan fingerprint density at radius 3 is 1.57 bits per heavy atom. The highest BCUT2D eigenvalue weighted by atomic mass is 16.6. The Morgan fingerprint density at radius 2 is 1.07 bits per heavy atom. The minimum Gasteiger partial charge on any atom is -0.491 e. The Bertz CT molecular complexity index is 947. The van der Waals surface area contributed by atoms with Crippen LogP contribution in [-0.4, -0.2) is 104 Å². The molecule has 0 unspecified atom stereocenters. The van der Waals surface area contributed by atoms with Gasteiger partial charge in [-0.05, 0) is 29.8 Å². The molecular weight excluding hydrogens is 548 g/mol. The summed E-state index contributed by atoms with van der Waals surface area (Å²) < 4.78 is 43.4. The Balaban J connectivity index is 1.22. The van der Waals surface area contributed by atoms with Crippen LogP contribution in [0, 0.1) is 0 Å². The molecule has 0 saturated carbocycles. The van der Waals surface area contributed by atoms with Crippen molar-refractivity contribution in [3.8, 4) is 5.75 Å². The summed E-state index contributed by atoms with van der Waals surface area (Å²) in [7, 11) is 0. The summed E-state index contributed by atoms with van der Waals surface area (Å²) in [4.78, 5) is 22.6. The Hall–Kier alpha value is -3.26. The number of hydrogen-bond donors (Lipinski definition) is 2. The number of ether oxygens (including phenoxy) is 8. The molecule has 0 aliphatic heterocycles. The van der Waals surface area contributed by atoms with Gasteiger partial charge in [-0.2, -0.15) is 0 Å². The summed E-state index contributed by atoms with van der Waals surface area (Å²) >= 11 is 0. The first-order valence-corrected chi connectivity index (χ1v) is 14.0. The number of alkyl carbamates (subject to hydrolysis) is 1. The van der Waals surface area contributed by atoms with Crippen LogP contribution in [-0.2, 0) is 44.6 Å². The lowest BCUT2D eigenvalue weighted by Crippen LogP contribution is -2.28. The van der Waals surface area contributed by atoms with Crippen molar-refractivity contribution in [2.24, 2.45) is 0 Å². The first-order valence-electron chi connectivity index (χ1n) is 14.0. The van der Waals surface area contributed by atoms with Gasteiger partial charge in [-0.1, -0.05) is 30.3 Å². The minimum absolute atomic E-state index is 0.111. The van der Waals surface area contributed by atoms with Gasteiger partial charge >= 0.3 is 6.09 Å². The van der Waals surface area contributed by atoms with Gasteiger partial charge in [-0.15, -0.1) is 0 Å². The van der Waals surface area contributed by atoms with E-state index >= 15 is 0 Å². The first-order chi connectivity index (χ1) is 20.6. The van der Waals surface area contributed by atoms with Gasteiger partial charge in [0.2, 0.25) is 5.91 Å². The van der Waals surface area contributed by atoms with E-state index in [4.69, 9.17) is 37.9 Å². The zero-order valence-electron chi connectivity index (χ0n) is 24.4. The second-order valence-corrected chi connectivity index (χ2v) is 8.72. The second kappa shape index (κ2) is 24.3. The summed E-state index contributed by atoms with van der Waals surface area (Å²) in [6.45, 7) is 8.00. The SMILES string of the molecule is CC(=O)Nc1ccc(OCCOCCOCCOCCOCCOCCOCCNC(=O)OCc2ccccc2)cc1. The third-order valence-corrected chi connectivity index (χ3v) is 5.26. The number of amides is 2. The van der Waals surface area contributed by atoms with E-state index in [0.29, 0.717) is 98.2 Å². The predicted molar refractivity (Wildman–Crippen MR) is 156 cm³/mol. The highest BCUT2D eigenvalue weighted by Gasteiger charge is 2.02. The topological polar surface area (TPSA) is 132 Å². The van der Waals surface area contributed by atoms with Crippen LogP contribution in [0.2, 0.25) is 0 Å². The maximum Gasteiger partial charge on any atom is 0.407 e. The average Bonchev–Trinajstić information content (AvgIpc) is 2.99. The quantitative estimate of drug-likeness (QED) is 0.166. The van der Waals surface area contributed by atoms with Crippen molar-refractivity contribution >= 4 is 17.7 Å². The number of nitrogens with one attached hydrogen (secondary N) is 2. The van der Waals surface area contributed by atoms with Crippen molar-refractivity contribution in [1.82, 2.24) is 5.32 Å². The highest BCUT2D eigenvalue weighted by molar-refractivity contribution is 5.88. The van der Waals surface area contributed by atoms with Gasteiger partial charge < -0.3 is 48.5 Å². The molecule has 12 nitrogen and oxygen atoms in total. The Morgan fingerprint density at radius 1 is 0.595 bits per heavy atom. The van der Waals surface area contributed by atoms with Crippen LogP contribution in [0.4, 0.5) is 10.5 Å². The van der Waals surface area contributed by atoms with Crippen LogP contribution in [0.1, 0.15) is 12.5 Å². The van der Waals surface area contributed by atoms with Gasteiger partial charge in [-0.3, -0.25) is 4.79 Å². The molecule has 0 fully saturated rings. The molecule has 0 aromatic heterocycles. The van der Waals surface area contributed by atoms with Crippen molar-refractivity contribution in [2.45, 2.75) is 13.5 Å². The summed E-state index contributed by atoms with van der Waals surface area (Å²) in [6, 6.07) is 16.7. The van der Waals surface area contributed by atoms with Crippen LogP contribution < -0.4 is 15.4 Å². The highest BCUT2D eigenvalue weighted by Crippen LogP contribution is 2.15. The number of carbonyl (C=O) groups excluding carboxylic acids is 2. The van der Waals surface area contributed by atoms with Crippen molar-refractivity contribution < 1.29 is 47.5 Å². The smallest absolute Gasteiger partial charge is 0.407 e. The monoisotopic (exact) mass is 592 g/mol. The van der Waals surface area contributed by atoms with Gasteiger partial charge in [0.1, 0.15) is 19.0 Å². The van der Waals surface area contributed by atoms with Gasteiger partial charge in [-0.25, -0.2) is 4.79 Å². The number of benzene rings is 2. The predicted octanol–water partition coefficient (Wildman–Crippen LogP) is 3.05. The van der Waals surface area contributed by atoms with Gasteiger partial charge in [0.05, 0.1) is 79.3 Å². The molecule has 2 N–H and O–H groups in total. The van der Waals surface area contributed by atoms with Gasteiger partial charge in [0.25, 0.3) is 0 Å². The third-order valence-electron chi connectivity index (χ3n) is 5.26.